The average Bonchev–Trinajstić information content (AvgIpc) is 3.02. The molecule has 0 aromatic carbocycles. The third-order valence-corrected chi connectivity index (χ3v) is 4.40. The number of aromatic nitrogens is 4. The van der Waals surface area contributed by atoms with Crippen LogP contribution in [0.1, 0.15) is 6.23 Å². The Kier molecular flexibility index (Phi) is 3.70. The van der Waals surface area contributed by atoms with Gasteiger partial charge in [0, 0.05) is 0 Å². The molecule has 2 aromatic rings. The topological polar surface area (TPSA) is 194 Å². The van der Waals surface area contributed by atoms with Gasteiger partial charge in [-0.05, 0) is 0 Å². The van der Waals surface area contributed by atoms with Gasteiger partial charge in [-0.2, -0.15) is 8.42 Å². The number of hydrogen-bond donors (Lipinski definition) is 5. The lowest BCUT2D eigenvalue weighted by molar-refractivity contribution is -0.0630. The molecule has 0 saturated carbocycles. The average molecular weight is 347 g/mol. The maximum atomic E-state index is 11.0. The summed E-state index contributed by atoms with van der Waals surface area (Å²) in [6.45, 7) is 0. The lowest BCUT2D eigenvalue weighted by Crippen LogP contribution is -2.42. The molecule has 0 amide bonds. The molecule has 6 N–H and O–H groups in total. The summed E-state index contributed by atoms with van der Waals surface area (Å²) in [5.74, 6) is 0.0799. The number of anilines is 1. The highest BCUT2D eigenvalue weighted by molar-refractivity contribution is 7.86. The highest BCUT2D eigenvalue weighted by Gasteiger charge is 2.50. The molecule has 13 heteroatoms. The van der Waals surface area contributed by atoms with E-state index in [0.29, 0.717) is 0 Å². The summed E-state index contributed by atoms with van der Waals surface area (Å²) in [6.07, 6.45) is -4.08. The molecule has 0 bridgehead atoms. The van der Waals surface area contributed by atoms with Gasteiger partial charge in [0.2, 0.25) is 5.44 Å². The van der Waals surface area contributed by atoms with Crippen LogP contribution < -0.4 is 5.73 Å². The van der Waals surface area contributed by atoms with E-state index >= 15 is 0 Å². The zero-order valence-electron chi connectivity index (χ0n) is 11.3. The molecule has 3 rings (SSSR count). The number of imidazole rings is 1. The van der Waals surface area contributed by atoms with Crippen LogP contribution in [0.3, 0.4) is 0 Å². The quantitative estimate of drug-likeness (QED) is 0.361. The molecular formula is C10H13N5O7S. The molecule has 0 spiro atoms. The predicted molar refractivity (Wildman–Crippen MR) is 73.2 cm³/mol. The summed E-state index contributed by atoms with van der Waals surface area (Å²) in [6, 6.07) is 0. The zero-order chi connectivity index (χ0) is 16.9. The Morgan fingerprint density at radius 1 is 1.26 bits per heavy atom. The lowest BCUT2D eigenvalue weighted by Gasteiger charge is -2.18. The van der Waals surface area contributed by atoms with Gasteiger partial charge in [-0.25, -0.2) is 15.0 Å². The van der Waals surface area contributed by atoms with E-state index < -0.39 is 40.1 Å². The van der Waals surface area contributed by atoms with Crippen LogP contribution in [0.2, 0.25) is 0 Å². The second-order valence-electron chi connectivity index (χ2n) is 4.96. The monoisotopic (exact) mass is 347 g/mol. The minimum absolute atomic E-state index is 0.0799. The van der Waals surface area contributed by atoms with Crippen LogP contribution in [-0.4, -0.2) is 71.6 Å². The molecule has 0 aliphatic carbocycles. The van der Waals surface area contributed by atoms with E-state index in [9.17, 15) is 23.7 Å². The molecule has 1 fully saturated rings. The number of rotatable bonds is 3. The number of nitrogens with zero attached hydrogens (tertiary/aromatic N) is 4. The fraction of sp³-hybridized carbons (Fsp3) is 0.500. The van der Waals surface area contributed by atoms with Gasteiger partial charge in [0.05, 0.1) is 6.33 Å². The van der Waals surface area contributed by atoms with Gasteiger partial charge in [-0.3, -0.25) is 9.12 Å². The minimum Gasteiger partial charge on any atom is -0.387 e. The molecule has 126 valence electrons. The number of ether oxygens (including phenoxy) is 1. The van der Waals surface area contributed by atoms with Crippen LogP contribution in [-0.2, 0) is 14.9 Å². The van der Waals surface area contributed by atoms with Gasteiger partial charge in [-0.15, -0.1) is 0 Å². The van der Waals surface area contributed by atoms with Crippen molar-refractivity contribution in [3.8, 4) is 0 Å². The van der Waals surface area contributed by atoms with Crippen LogP contribution >= 0.6 is 0 Å². The Balaban J connectivity index is 1.99. The highest BCUT2D eigenvalue weighted by Crippen LogP contribution is 2.34. The van der Waals surface area contributed by atoms with Crippen molar-refractivity contribution < 1.29 is 33.0 Å². The van der Waals surface area contributed by atoms with Crippen LogP contribution in [0.25, 0.3) is 11.2 Å². The maximum absolute atomic E-state index is 11.0. The third-order valence-electron chi connectivity index (χ3n) is 3.52. The van der Waals surface area contributed by atoms with Crippen molar-refractivity contribution in [3.63, 3.8) is 0 Å². The summed E-state index contributed by atoms with van der Waals surface area (Å²) < 4.78 is 37.3. The number of nitrogen functional groups attached to an aromatic ring is 1. The van der Waals surface area contributed by atoms with E-state index in [2.05, 4.69) is 15.0 Å². The van der Waals surface area contributed by atoms with Crippen LogP contribution in [0, 0.1) is 0 Å². The summed E-state index contributed by atoms with van der Waals surface area (Å²) in [7, 11) is -4.90. The maximum Gasteiger partial charge on any atom is 0.294 e. The second kappa shape index (κ2) is 5.33. The van der Waals surface area contributed by atoms with Gasteiger partial charge in [-0.1, -0.05) is 0 Å². The van der Waals surface area contributed by atoms with Gasteiger partial charge in [0.15, 0.2) is 17.7 Å². The first kappa shape index (κ1) is 16.0. The molecule has 1 saturated heterocycles. The first-order valence-corrected chi connectivity index (χ1v) is 7.81. The molecule has 0 radical (unpaired) electrons. The van der Waals surface area contributed by atoms with Crippen LogP contribution in [0.5, 0.6) is 0 Å². The third kappa shape index (κ3) is 2.52. The molecule has 1 aliphatic heterocycles. The standard InChI is InChI=1S/C10H13N5O7S/c11-7-3-8(13-1-12-7)15(2-14-3)9-5(17)4(16)6(22-9)10(18)23(19,20)21/h1-2,4-6,9-10,16-18H,(H2,11,12,13)(H,19,20,21)/t4-,5+,6-,9+,10?/m0/s1. The lowest BCUT2D eigenvalue weighted by atomic mass is 10.1. The van der Waals surface area contributed by atoms with E-state index in [1.807, 2.05) is 0 Å². The molecule has 2 aromatic heterocycles. The fourth-order valence-electron chi connectivity index (χ4n) is 2.38. The largest absolute Gasteiger partial charge is 0.387 e. The number of nitrogens with two attached hydrogens (primary N) is 1. The normalized spacial score (nSPS) is 29.9. The molecular weight excluding hydrogens is 334 g/mol. The van der Waals surface area contributed by atoms with Gasteiger partial charge < -0.3 is 25.8 Å². The molecule has 5 atom stereocenters. The van der Waals surface area contributed by atoms with Crippen molar-refractivity contribution in [2.45, 2.75) is 30.0 Å². The number of aliphatic hydroxyl groups is 3. The van der Waals surface area contributed by atoms with Crippen LogP contribution in [0.4, 0.5) is 5.82 Å². The number of hydrogen-bond acceptors (Lipinski definition) is 10. The Morgan fingerprint density at radius 3 is 2.61 bits per heavy atom. The molecule has 1 aliphatic rings. The first-order valence-electron chi connectivity index (χ1n) is 6.31. The Morgan fingerprint density at radius 2 is 1.96 bits per heavy atom. The van der Waals surface area contributed by atoms with E-state index in [-0.39, 0.29) is 17.0 Å². The minimum atomic E-state index is -4.90. The molecule has 3 heterocycles. The highest BCUT2D eigenvalue weighted by atomic mass is 32.2. The van der Waals surface area contributed by atoms with Crippen molar-refractivity contribution in [2.24, 2.45) is 0 Å². The van der Waals surface area contributed by atoms with Crippen molar-refractivity contribution >= 4 is 27.1 Å². The summed E-state index contributed by atoms with van der Waals surface area (Å²) in [5, 5.41) is 29.5. The smallest absolute Gasteiger partial charge is 0.294 e. The number of fused-ring (bicyclic) bond motifs is 1. The van der Waals surface area contributed by atoms with Gasteiger partial charge in [0.1, 0.15) is 30.2 Å². The predicted octanol–water partition coefficient (Wildman–Crippen LogP) is -2.77. The van der Waals surface area contributed by atoms with E-state index in [1.54, 1.807) is 0 Å². The fourth-order valence-corrected chi connectivity index (χ4v) is 2.94. The van der Waals surface area contributed by atoms with Gasteiger partial charge in [0.25, 0.3) is 10.1 Å². The van der Waals surface area contributed by atoms with E-state index in [4.69, 9.17) is 15.0 Å². The Labute approximate surface area is 128 Å². The van der Waals surface area contributed by atoms with E-state index in [1.165, 1.54) is 10.9 Å². The summed E-state index contributed by atoms with van der Waals surface area (Å²) >= 11 is 0. The van der Waals surface area contributed by atoms with Gasteiger partial charge >= 0.3 is 0 Å². The SMILES string of the molecule is Nc1ncnc2c1ncn2[C@@H]1O[C@H](C(O)S(=O)(=O)O)[C@@H](O)[C@H]1O. The van der Waals surface area contributed by atoms with Crippen molar-refractivity contribution in [3.05, 3.63) is 12.7 Å². The van der Waals surface area contributed by atoms with Crippen molar-refractivity contribution in [2.75, 3.05) is 5.73 Å². The Hall–Kier alpha value is -1.90. The summed E-state index contributed by atoms with van der Waals surface area (Å²) in [5.41, 5.74) is 3.60. The zero-order valence-corrected chi connectivity index (χ0v) is 12.1. The molecule has 23 heavy (non-hydrogen) atoms. The van der Waals surface area contributed by atoms with Crippen LogP contribution in [0.15, 0.2) is 12.7 Å². The summed E-state index contributed by atoms with van der Waals surface area (Å²) in [4.78, 5) is 11.6. The number of aliphatic hydroxyl groups excluding tert-OH is 3. The Bertz CT molecular complexity index is 839. The second-order valence-corrected chi connectivity index (χ2v) is 6.47. The van der Waals surface area contributed by atoms with Crippen molar-refractivity contribution in [1.82, 2.24) is 19.5 Å². The first-order chi connectivity index (χ1) is 10.7. The molecule has 12 nitrogen and oxygen atoms in total. The van der Waals surface area contributed by atoms with E-state index in [0.717, 1.165) is 6.33 Å². The molecule has 1 unspecified atom stereocenters. The van der Waals surface area contributed by atoms with Crippen molar-refractivity contribution in [1.29, 1.82) is 0 Å².